The molecule has 2 heterocycles. The lowest BCUT2D eigenvalue weighted by Gasteiger charge is -2.27. The van der Waals surface area contributed by atoms with Gasteiger partial charge in [-0.05, 0) is 12.5 Å². The summed E-state index contributed by atoms with van der Waals surface area (Å²) in [5.41, 5.74) is 0.0925. The van der Waals surface area contributed by atoms with Crippen molar-refractivity contribution in [1.29, 1.82) is 0 Å². The third kappa shape index (κ3) is 2.72. The Morgan fingerprint density at radius 2 is 2.30 bits per heavy atom. The number of aromatic hydroxyl groups is 1. The highest BCUT2D eigenvalue weighted by molar-refractivity contribution is 8.00. The fourth-order valence-corrected chi connectivity index (χ4v) is 3.71. The van der Waals surface area contributed by atoms with Crippen LogP contribution in [0.2, 0.25) is 0 Å². The third-order valence-corrected chi connectivity index (χ3v) is 4.53. The lowest BCUT2D eigenvalue weighted by atomic mass is 10.1. The van der Waals surface area contributed by atoms with Crippen LogP contribution >= 0.6 is 11.8 Å². The number of carbonyl (C=O) groups is 2. The van der Waals surface area contributed by atoms with Crippen LogP contribution in [0.5, 0.6) is 5.75 Å². The number of thioether (sulfide) groups is 1. The van der Waals surface area contributed by atoms with Gasteiger partial charge in [-0.3, -0.25) is 9.78 Å². The minimum Gasteiger partial charge on any atom is -0.505 e. The molecule has 0 spiro atoms. The number of aliphatic carboxylic acids is 1. The summed E-state index contributed by atoms with van der Waals surface area (Å²) in [6.07, 6.45) is 4.17. The molecule has 0 saturated carbocycles. The number of amides is 1. The van der Waals surface area contributed by atoms with E-state index >= 15 is 0 Å². The molecule has 2 N–H and O–H groups in total. The van der Waals surface area contributed by atoms with Crippen LogP contribution in [0.25, 0.3) is 0 Å². The van der Waals surface area contributed by atoms with E-state index in [-0.39, 0.29) is 16.7 Å². The van der Waals surface area contributed by atoms with Gasteiger partial charge in [0.05, 0.1) is 17.1 Å². The van der Waals surface area contributed by atoms with Gasteiger partial charge in [-0.25, -0.2) is 4.79 Å². The molecule has 1 aliphatic heterocycles. The highest BCUT2D eigenvalue weighted by Crippen LogP contribution is 2.34. The highest BCUT2D eigenvalue weighted by atomic mass is 32.2. The molecule has 1 fully saturated rings. The van der Waals surface area contributed by atoms with Crippen LogP contribution < -0.4 is 0 Å². The molecule has 1 aromatic heterocycles. The van der Waals surface area contributed by atoms with Crippen LogP contribution in [0, 0.1) is 0 Å². The van der Waals surface area contributed by atoms with Gasteiger partial charge in [-0.2, -0.15) is 0 Å². The standard InChI is InChI=1S/C13H16N2O4S/c1-2-3-11-15(9(7-20-11)13(18)19)12(17)8-4-5-14-6-10(8)16/h4-6,9,11,16H,2-3,7H2,1H3,(H,18,19). The summed E-state index contributed by atoms with van der Waals surface area (Å²) >= 11 is 1.47. The first-order valence-electron chi connectivity index (χ1n) is 6.36. The van der Waals surface area contributed by atoms with Crippen LogP contribution in [0.1, 0.15) is 30.1 Å². The van der Waals surface area contributed by atoms with Crippen molar-refractivity contribution < 1.29 is 19.8 Å². The van der Waals surface area contributed by atoms with E-state index in [0.717, 1.165) is 12.8 Å². The summed E-state index contributed by atoms with van der Waals surface area (Å²) < 4.78 is 0. The predicted octanol–water partition coefficient (Wildman–Crippen LogP) is 1.56. The molecular weight excluding hydrogens is 280 g/mol. The molecule has 1 amide bonds. The van der Waals surface area contributed by atoms with Crippen molar-refractivity contribution in [3.8, 4) is 5.75 Å². The molecule has 1 aromatic rings. The molecule has 0 bridgehead atoms. The maximum atomic E-state index is 12.5. The Labute approximate surface area is 120 Å². The normalized spacial score (nSPS) is 21.9. The Balaban J connectivity index is 2.32. The average molecular weight is 296 g/mol. The van der Waals surface area contributed by atoms with E-state index in [4.69, 9.17) is 0 Å². The van der Waals surface area contributed by atoms with E-state index in [0.29, 0.717) is 5.75 Å². The van der Waals surface area contributed by atoms with Gasteiger partial charge in [0.1, 0.15) is 11.8 Å². The van der Waals surface area contributed by atoms with Crippen molar-refractivity contribution in [2.24, 2.45) is 0 Å². The Hall–Kier alpha value is -1.76. The summed E-state index contributed by atoms with van der Waals surface area (Å²) in [5, 5.41) is 18.8. The molecule has 0 aliphatic carbocycles. The average Bonchev–Trinajstić information content (AvgIpc) is 2.83. The second kappa shape index (κ2) is 6.13. The van der Waals surface area contributed by atoms with E-state index in [1.54, 1.807) is 0 Å². The van der Waals surface area contributed by atoms with Crippen LogP contribution in [0.3, 0.4) is 0 Å². The first-order valence-corrected chi connectivity index (χ1v) is 7.41. The number of carboxylic acid groups (broad SMARTS) is 1. The lowest BCUT2D eigenvalue weighted by molar-refractivity contribution is -0.141. The van der Waals surface area contributed by atoms with Gasteiger partial charge in [0.2, 0.25) is 0 Å². The molecular formula is C13H16N2O4S. The minimum atomic E-state index is -1.02. The van der Waals surface area contributed by atoms with Crippen LogP contribution in [-0.2, 0) is 4.79 Å². The fourth-order valence-electron chi connectivity index (χ4n) is 2.20. The molecule has 20 heavy (non-hydrogen) atoms. The van der Waals surface area contributed by atoms with Crippen molar-refractivity contribution in [1.82, 2.24) is 9.88 Å². The van der Waals surface area contributed by atoms with Crippen molar-refractivity contribution in [2.75, 3.05) is 5.75 Å². The molecule has 2 rings (SSSR count). The fraction of sp³-hybridized carbons (Fsp3) is 0.462. The monoisotopic (exact) mass is 296 g/mol. The molecule has 0 radical (unpaired) electrons. The Kier molecular flexibility index (Phi) is 4.49. The Morgan fingerprint density at radius 3 is 2.90 bits per heavy atom. The van der Waals surface area contributed by atoms with Gasteiger partial charge in [0.25, 0.3) is 5.91 Å². The first-order chi connectivity index (χ1) is 9.56. The van der Waals surface area contributed by atoms with Gasteiger partial charge < -0.3 is 15.1 Å². The van der Waals surface area contributed by atoms with Gasteiger partial charge in [-0.1, -0.05) is 13.3 Å². The summed E-state index contributed by atoms with van der Waals surface area (Å²) in [7, 11) is 0. The van der Waals surface area contributed by atoms with E-state index in [1.165, 1.54) is 35.1 Å². The molecule has 108 valence electrons. The van der Waals surface area contributed by atoms with E-state index in [9.17, 15) is 19.8 Å². The number of hydrogen-bond donors (Lipinski definition) is 2. The summed E-state index contributed by atoms with van der Waals surface area (Å²) in [6, 6.07) is 0.555. The lowest BCUT2D eigenvalue weighted by Crippen LogP contribution is -2.45. The zero-order valence-electron chi connectivity index (χ0n) is 11.0. The molecule has 2 unspecified atom stereocenters. The minimum absolute atomic E-state index is 0.0925. The summed E-state index contributed by atoms with van der Waals surface area (Å²) in [5.74, 6) is -1.33. The Morgan fingerprint density at radius 1 is 1.55 bits per heavy atom. The maximum Gasteiger partial charge on any atom is 0.327 e. The number of carbonyl (C=O) groups excluding carboxylic acids is 1. The summed E-state index contributed by atoms with van der Waals surface area (Å²) in [6.45, 7) is 1.99. The number of nitrogens with zero attached hydrogens (tertiary/aromatic N) is 2. The molecule has 0 aromatic carbocycles. The largest absolute Gasteiger partial charge is 0.505 e. The van der Waals surface area contributed by atoms with Gasteiger partial charge in [0.15, 0.2) is 0 Å². The number of hydrogen-bond acceptors (Lipinski definition) is 5. The van der Waals surface area contributed by atoms with E-state index < -0.39 is 17.9 Å². The topological polar surface area (TPSA) is 90.7 Å². The second-order valence-corrected chi connectivity index (χ2v) is 5.75. The second-order valence-electron chi connectivity index (χ2n) is 4.54. The third-order valence-electron chi connectivity index (χ3n) is 3.18. The zero-order chi connectivity index (χ0) is 14.7. The number of aromatic nitrogens is 1. The molecule has 1 saturated heterocycles. The van der Waals surface area contributed by atoms with Crippen molar-refractivity contribution in [3.05, 3.63) is 24.0 Å². The highest BCUT2D eigenvalue weighted by Gasteiger charge is 2.41. The van der Waals surface area contributed by atoms with E-state index in [1.807, 2.05) is 6.92 Å². The first kappa shape index (κ1) is 14.6. The van der Waals surface area contributed by atoms with Gasteiger partial charge in [-0.15, -0.1) is 11.8 Å². The molecule has 2 atom stereocenters. The Bertz CT molecular complexity index is 523. The van der Waals surface area contributed by atoms with Crippen LogP contribution in [-0.4, -0.2) is 49.1 Å². The van der Waals surface area contributed by atoms with Crippen LogP contribution in [0.15, 0.2) is 18.5 Å². The predicted molar refractivity (Wildman–Crippen MR) is 74.6 cm³/mol. The van der Waals surface area contributed by atoms with Crippen molar-refractivity contribution in [2.45, 2.75) is 31.2 Å². The smallest absolute Gasteiger partial charge is 0.327 e. The number of pyridine rings is 1. The molecule has 1 aliphatic rings. The number of carboxylic acids is 1. The SMILES string of the molecule is CCCC1SCC(C(=O)O)N1C(=O)c1ccncc1O. The van der Waals surface area contributed by atoms with Gasteiger partial charge in [0, 0.05) is 11.9 Å². The number of rotatable bonds is 4. The summed E-state index contributed by atoms with van der Waals surface area (Å²) in [4.78, 5) is 28.9. The van der Waals surface area contributed by atoms with Crippen LogP contribution in [0.4, 0.5) is 0 Å². The van der Waals surface area contributed by atoms with Gasteiger partial charge >= 0.3 is 5.97 Å². The molecule has 7 heteroatoms. The van der Waals surface area contributed by atoms with Crippen molar-refractivity contribution in [3.63, 3.8) is 0 Å². The maximum absolute atomic E-state index is 12.5. The molecule has 6 nitrogen and oxygen atoms in total. The van der Waals surface area contributed by atoms with E-state index in [2.05, 4.69) is 4.98 Å². The zero-order valence-corrected chi connectivity index (χ0v) is 11.8. The quantitative estimate of drug-likeness (QED) is 0.876. The van der Waals surface area contributed by atoms with Crippen molar-refractivity contribution >= 4 is 23.6 Å².